The third-order valence-electron chi connectivity index (χ3n) is 3.78. The van der Waals surface area contributed by atoms with Gasteiger partial charge in [0.1, 0.15) is 0 Å². The van der Waals surface area contributed by atoms with Crippen molar-refractivity contribution in [1.82, 2.24) is 10.2 Å². The summed E-state index contributed by atoms with van der Waals surface area (Å²) in [6.07, 6.45) is 9.54. The van der Waals surface area contributed by atoms with Crippen LogP contribution < -0.4 is 5.32 Å². The minimum atomic E-state index is 0.687. The van der Waals surface area contributed by atoms with E-state index in [0.29, 0.717) is 6.04 Å². The molecule has 0 heterocycles. The molecule has 0 spiro atoms. The first-order valence-corrected chi connectivity index (χ1v) is 8.20. The van der Waals surface area contributed by atoms with E-state index in [1.54, 1.807) is 0 Å². The lowest BCUT2D eigenvalue weighted by Crippen LogP contribution is -2.29. The summed E-state index contributed by atoms with van der Waals surface area (Å²) >= 11 is 0. The molecule has 110 valence electrons. The molecule has 2 nitrogen and oxygen atoms in total. The molecule has 0 aromatic heterocycles. The maximum Gasteiger partial charge on any atom is 0.00391 e. The Bertz CT molecular complexity index is 155. The van der Waals surface area contributed by atoms with Gasteiger partial charge < -0.3 is 10.2 Å². The second kappa shape index (κ2) is 13.4. The second-order valence-electron chi connectivity index (χ2n) is 5.44. The first kappa shape index (κ1) is 17.9. The molecule has 18 heavy (non-hydrogen) atoms. The largest absolute Gasteiger partial charge is 0.314 e. The molecule has 1 atom stereocenters. The first-order chi connectivity index (χ1) is 8.74. The molecule has 0 fully saturated rings. The third-order valence-corrected chi connectivity index (χ3v) is 3.78. The van der Waals surface area contributed by atoms with Crippen LogP contribution in [0.15, 0.2) is 0 Å². The topological polar surface area (TPSA) is 15.3 Å². The fourth-order valence-corrected chi connectivity index (χ4v) is 2.34. The maximum atomic E-state index is 3.65. The van der Waals surface area contributed by atoms with Gasteiger partial charge in [-0.15, -0.1) is 0 Å². The average Bonchev–Trinajstić information content (AvgIpc) is 2.39. The number of hydrogen-bond acceptors (Lipinski definition) is 2. The molecule has 0 rings (SSSR count). The molecule has 0 saturated carbocycles. The quantitative estimate of drug-likeness (QED) is 0.500. The molecule has 1 unspecified atom stereocenters. The van der Waals surface area contributed by atoms with Crippen molar-refractivity contribution >= 4 is 0 Å². The summed E-state index contributed by atoms with van der Waals surface area (Å²) in [5.41, 5.74) is 0. The SMILES string of the molecule is CCCCCCCNC(C)CCCN(CC)CC. The summed E-state index contributed by atoms with van der Waals surface area (Å²) in [6, 6.07) is 0.687. The molecule has 0 aromatic carbocycles. The minimum Gasteiger partial charge on any atom is -0.314 e. The van der Waals surface area contributed by atoms with Gasteiger partial charge >= 0.3 is 0 Å². The number of hydrogen-bond donors (Lipinski definition) is 1. The van der Waals surface area contributed by atoms with Gasteiger partial charge in [0.2, 0.25) is 0 Å². The Morgan fingerprint density at radius 1 is 0.889 bits per heavy atom. The van der Waals surface area contributed by atoms with Gasteiger partial charge in [0, 0.05) is 6.04 Å². The van der Waals surface area contributed by atoms with Crippen LogP contribution in [0.4, 0.5) is 0 Å². The summed E-state index contributed by atoms with van der Waals surface area (Å²) in [7, 11) is 0. The van der Waals surface area contributed by atoms with Crippen molar-refractivity contribution in [3.8, 4) is 0 Å². The molecule has 0 amide bonds. The van der Waals surface area contributed by atoms with Crippen molar-refractivity contribution in [2.75, 3.05) is 26.2 Å². The Labute approximate surface area is 116 Å². The third kappa shape index (κ3) is 11.0. The van der Waals surface area contributed by atoms with Gasteiger partial charge in [0.25, 0.3) is 0 Å². The molecule has 1 N–H and O–H groups in total. The maximum absolute atomic E-state index is 3.65. The highest BCUT2D eigenvalue weighted by atomic mass is 15.1. The second-order valence-corrected chi connectivity index (χ2v) is 5.44. The summed E-state index contributed by atoms with van der Waals surface area (Å²) < 4.78 is 0. The van der Waals surface area contributed by atoms with E-state index in [4.69, 9.17) is 0 Å². The van der Waals surface area contributed by atoms with E-state index in [2.05, 4.69) is 37.9 Å². The molecular formula is C16H36N2. The standard InChI is InChI=1S/C16H36N2/c1-5-8-9-10-11-14-17-16(4)13-12-15-18(6-2)7-3/h16-17H,5-15H2,1-4H3. The predicted octanol–water partition coefficient (Wildman–Crippen LogP) is 4.06. The molecule has 0 aliphatic rings. The molecule has 0 saturated heterocycles. The molecule has 0 aromatic rings. The molecule has 0 bridgehead atoms. The lowest BCUT2D eigenvalue weighted by molar-refractivity contribution is 0.290. The zero-order valence-electron chi connectivity index (χ0n) is 13.3. The lowest BCUT2D eigenvalue weighted by Gasteiger charge is -2.19. The molecule has 0 aliphatic carbocycles. The summed E-state index contributed by atoms with van der Waals surface area (Å²) in [5.74, 6) is 0. The zero-order chi connectivity index (χ0) is 13.6. The van der Waals surface area contributed by atoms with Crippen LogP contribution in [0.3, 0.4) is 0 Å². The van der Waals surface area contributed by atoms with Gasteiger partial charge in [-0.05, 0) is 52.4 Å². The summed E-state index contributed by atoms with van der Waals surface area (Å²) in [6.45, 7) is 13.9. The Balaban J connectivity index is 3.29. The zero-order valence-corrected chi connectivity index (χ0v) is 13.3. The van der Waals surface area contributed by atoms with Crippen molar-refractivity contribution in [1.29, 1.82) is 0 Å². The normalized spacial score (nSPS) is 13.2. The van der Waals surface area contributed by atoms with E-state index in [1.165, 1.54) is 71.1 Å². The summed E-state index contributed by atoms with van der Waals surface area (Å²) in [5, 5.41) is 3.65. The highest BCUT2D eigenvalue weighted by Gasteiger charge is 2.03. The first-order valence-electron chi connectivity index (χ1n) is 8.20. The molecule has 2 heteroatoms. The molecule has 0 radical (unpaired) electrons. The highest BCUT2D eigenvalue weighted by Crippen LogP contribution is 2.03. The molecule has 0 aliphatic heterocycles. The van der Waals surface area contributed by atoms with Crippen molar-refractivity contribution in [3.63, 3.8) is 0 Å². The Morgan fingerprint density at radius 3 is 2.17 bits per heavy atom. The van der Waals surface area contributed by atoms with E-state index in [0.717, 1.165) is 0 Å². The van der Waals surface area contributed by atoms with Crippen molar-refractivity contribution in [2.24, 2.45) is 0 Å². The van der Waals surface area contributed by atoms with Gasteiger partial charge in [0.05, 0.1) is 0 Å². The Morgan fingerprint density at radius 2 is 1.56 bits per heavy atom. The van der Waals surface area contributed by atoms with Crippen LogP contribution in [0.5, 0.6) is 0 Å². The number of nitrogens with one attached hydrogen (secondary N) is 1. The Hall–Kier alpha value is -0.0800. The van der Waals surface area contributed by atoms with Crippen LogP contribution in [0, 0.1) is 0 Å². The van der Waals surface area contributed by atoms with E-state index >= 15 is 0 Å². The van der Waals surface area contributed by atoms with Crippen LogP contribution in [-0.2, 0) is 0 Å². The van der Waals surface area contributed by atoms with E-state index in [9.17, 15) is 0 Å². The fraction of sp³-hybridized carbons (Fsp3) is 1.00. The van der Waals surface area contributed by atoms with Crippen LogP contribution in [-0.4, -0.2) is 37.1 Å². The number of rotatable bonds is 13. The van der Waals surface area contributed by atoms with Crippen LogP contribution in [0.1, 0.15) is 72.6 Å². The monoisotopic (exact) mass is 256 g/mol. The molecular weight excluding hydrogens is 220 g/mol. The summed E-state index contributed by atoms with van der Waals surface area (Å²) in [4.78, 5) is 2.51. The van der Waals surface area contributed by atoms with Gasteiger partial charge in [0.15, 0.2) is 0 Å². The number of nitrogens with zero attached hydrogens (tertiary/aromatic N) is 1. The van der Waals surface area contributed by atoms with Crippen LogP contribution >= 0.6 is 0 Å². The van der Waals surface area contributed by atoms with Gasteiger partial charge in [-0.25, -0.2) is 0 Å². The van der Waals surface area contributed by atoms with E-state index < -0.39 is 0 Å². The van der Waals surface area contributed by atoms with Crippen molar-refractivity contribution in [2.45, 2.75) is 78.7 Å². The van der Waals surface area contributed by atoms with Gasteiger partial charge in [-0.1, -0.05) is 46.5 Å². The van der Waals surface area contributed by atoms with Crippen LogP contribution in [0.25, 0.3) is 0 Å². The fourth-order valence-electron chi connectivity index (χ4n) is 2.34. The van der Waals surface area contributed by atoms with Gasteiger partial charge in [-0.3, -0.25) is 0 Å². The van der Waals surface area contributed by atoms with E-state index in [1.807, 2.05) is 0 Å². The van der Waals surface area contributed by atoms with E-state index in [-0.39, 0.29) is 0 Å². The average molecular weight is 256 g/mol. The van der Waals surface area contributed by atoms with Crippen molar-refractivity contribution in [3.05, 3.63) is 0 Å². The lowest BCUT2D eigenvalue weighted by atomic mass is 10.1. The smallest absolute Gasteiger partial charge is 0.00391 e. The predicted molar refractivity (Wildman–Crippen MR) is 83.2 cm³/mol. The van der Waals surface area contributed by atoms with Gasteiger partial charge in [-0.2, -0.15) is 0 Å². The minimum absolute atomic E-state index is 0.687. The van der Waals surface area contributed by atoms with Crippen molar-refractivity contribution < 1.29 is 0 Å². The Kier molecular flexibility index (Phi) is 13.3. The number of unbranched alkanes of at least 4 members (excludes halogenated alkanes) is 4. The highest BCUT2D eigenvalue weighted by molar-refractivity contribution is 4.63. The van der Waals surface area contributed by atoms with Crippen LogP contribution in [0.2, 0.25) is 0 Å².